The van der Waals surface area contributed by atoms with E-state index in [9.17, 15) is 0 Å². The molecule has 0 atom stereocenters. The molecule has 0 aliphatic carbocycles. The molecule has 3 rings (SSSR count). The van der Waals surface area contributed by atoms with Crippen molar-refractivity contribution in [3.63, 3.8) is 0 Å². The van der Waals surface area contributed by atoms with Gasteiger partial charge in [0.15, 0.2) is 5.96 Å². The van der Waals surface area contributed by atoms with Crippen LogP contribution in [0.25, 0.3) is 0 Å². The number of benzene rings is 1. The number of hydrogen-bond donors (Lipinski definition) is 2. The number of aliphatic imine (C=N–C) groups is 1. The molecule has 1 aliphatic rings. The van der Waals surface area contributed by atoms with Crippen molar-refractivity contribution >= 4 is 23.0 Å². The summed E-state index contributed by atoms with van der Waals surface area (Å²) in [6.45, 7) is 6.54. The largest absolute Gasteiger partial charge is 0.364 e. The summed E-state index contributed by atoms with van der Waals surface area (Å²) in [5.41, 5.74) is 2.51. The first-order valence-corrected chi connectivity index (χ1v) is 9.76. The molecule has 0 saturated carbocycles. The lowest BCUT2D eigenvalue weighted by atomic mass is 10.2. The fourth-order valence-corrected chi connectivity index (χ4v) is 3.52. The molecule has 2 aromatic rings. The highest BCUT2D eigenvalue weighted by molar-refractivity contribution is 7.09. The van der Waals surface area contributed by atoms with Crippen molar-refractivity contribution in [2.24, 2.45) is 4.99 Å². The van der Waals surface area contributed by atoms with Gasteiger partial charge >= 0.3 is 0 Å². The fraction of sp³-hybridized carbons (Fsp3) is 0.350. The van der Waals surface area contributed by atoms with Gasteiger partial charge in [0.25, 0.3) is 0 Å². The van der Waals surface area contributed by atoms with Crippen LogP contribution in [0.5, 0.6) is 0 Å². The summed E-state index contributed by atoms with van der Waals surface area (Å²) >= 11 is 1.80. The Kier molecular flexibility index (Phi) is 6.51. The zero-order valence-corrected chi connectivity index (χ0v) is 15.6. The maximum absolute atomic E-state index is 4.73. The zero-order chi connectivity index (χ0) is 17.3. The average molecular weight is 355 g/mol. The van der Waals surface area contributed by atoms with E-state index in [4.69, 9.17) is 4.99 Å². The van der Waals surface area contributed by atoms with Crippen LogP contribution in [0.1, 0.15) is 17.4 Å². The molecule has 0 amide bonds. The van der Waals surface area contributed by atoms with Crippen molar-refractivity contribution in [1.29, 1.82) is 0 Å². The third kappa shape index (κ3) is 5.36. The Morgan fingerprint density at radius 3 is 2.80 bits per heavy atom. The number of anilines is 1. The average Bonchev–Trinajstić information content (AvgIpc) is 3.34. The van der Waals surface area contributed by atoms with Gasteiger partial charge in [0, 0.05) is 36.7 Å². The molecule has 0 spiro atoms. The Bertz CT molecular complexity index is 698. The second-order valence-electron chi connectivity index (χ2n) is 6.00. The minimum Gasteiger partial charge on any atom is -0.364 e. The molecule has 1 aliphatic heterocycles. The molecule has 0 fully saturated rings. The monoisotopic (exact) mass is 354 g/mol. The molecule has 5 heteroatoms. The topological polar surface area (TPSA) is 39.7 Å². The van der Waals surface area contributed by atoms with Gasteiger partial charge < -0.3 is 15.5 Å². The summed E-state index contributed by atoms with van der Waals surface area (Å²) in [5.74, 6) is 0.882. The number of thiophene rings is 1. The minimum atomic E-state index is 0.684. The molecule has 132 valence electrons. The van der Waals surface area contributed by atoms with Crippen LogP contribution in [0.15, 0.2) is 58.9 Å². The Morgan fingerprint density at radius 2 is 2.04 bits per heavy atom. The summed E-state index contributed by atoms with van der Waals surface area (Å²) < 4.78 is 0. The molecule has 2 heterocycles. The number of nitrogens with zero attached hydrogens (tertiary/aromatic N) is 2. The van der Waals surface area contributed by atoms with Gasteiger partial charge in [0.05, 0.1) is 6.54 Å². The van der Waals surface area contributed by atoms with Crippen molar-refractivity contribution in [1.82, 2.24) is 10.6 Å². The molecule has 2 N–H and O–H groups in total. The third-order valence-electron chi connectivity index (χ3n) is 4.10. The van der Waals surface area contributed by atoms with Gasteiger partial charge in [-0.2, -0.15) is 0 Å². The van der Waals surface area contributed by atoms with Crippen LogP contribution < -0.4 is 15.5 Å². The standard InChI is InChI=1S/C20H26N4S/c1-2-21-20(22-11-10-19-9-6-14-25-19)23-16-17-7-5-8-18(15-17)24-12-3-4-13-24/h3-9,14-15H,2,10-13,16H2,1H3,(H2,21,22,23). The Morgan fingerprint density at radius 1 is 1.16 bits per heavy atom. The van der Waals surface area contributed by atoms with Crippen molar-refractivity contribution in [2.75, 3.05) is 31.1 Å². The molecule has 1 aromatic heterocycles. The molecule has 0 saturated heterocycles. The van der Waals surface area contributed by atoms with Crippen LogP contribution in [0.2, 0.25) is 0 Å². The smallest absolute Gasteiger partial charge is 0.191 e. The highest BCUT2D eigenvalue weighted by atomic mass is 32.1. The van der Waals surface area contributed by atoms with Gasteiger partial charge in [-0.15, -0.1) is 11.3 Å². The lowest BCUT2D eigenvalue weighted by Gasteiger charge is -2.18. The quantitative estimate of drug-likeness (QED) is 0.455. The van der Waals surface area contributed by atoms with Gasteiger partial charge in [-0.05, 0) is 42.5 Å². The van der Waals surface area contributed by atoms with Gasteiger partial charge in [-0.25, -0.2) is 4.99 Å². The maximum atomic E-state index is 4.73. The predicted molar refractivity (Wildman–Crippen MR) is 109 cm³/mol. The van der Waals surface area contributed by atoms with E-state index in [2.05, 4.69) is 76.4 Å². The second kappa shape index (κ2) is 9.28. The highest BCUT2D eigenvalue weighted by Gasteiger charge is 2.07. The van der Waals surface area contributed by atoms with Crippen LogP contribution in [0.4, 0.5) is 5.69 Å². The molecule has 0 unspecified atom stereocenters. The number of nitrogens with one attached hydrogen (secondary N) is 2. The first-order chi connectivity index (χ1) is 12.3. The van der Waals surface area contributed by atoms with Crippen molar-refractivity contribution in [2.45, 2.75) is 19.9 Å². The summed E-state index contributed by atoms with van der Waals surface area (Å²) in [7, 11) is 0. The molecule has 4 nitrogen and oxygen atoms in total. The van der Waals surface area contributed by atoms with E-state index in [0.717, 1.165) is 38.6 Å². The molecule has 0 bridgehead atoms. The van der Waals surface area contributed by atoms with Gasteiger partial charge in [-0.1, -0.05) is 30.4 Å². The van der Waals surface area contributed by atoms with Crippen LogP contribution in [0.3, 0.4) is 0 Å². The predicted octanol–water partition coefficient (Wildman–Crippen LogP) is 3.42. The normalized spacial score (nSPS) is 14.1. The lowest BCUT2D eigenvalue weighted by Crippen LogP contribution is -2.38. The van der Waals surface area contributed by atoms with Gasteiger partial charge in [-0.3, -0.25) is 0 Å². The second-order valence-corrected chi connectivity index (χ2v) is 7.03. The van der Waals surface area contributed by atoms with Crippen LogP contribution in [-0.2, 0) is 13.0 Å². The molecular formula is C20H26N4S. The molecular weight excluding hydrogens is 328 g/mol. The number of guanidine groups is 1. The van der Waals surface area contributed by atoms with Crippen LogP contribution >= 0.6 is 11.3 Å². The minimum absolute atomic E-state index is 0.684. The Hall–Kier alpha value is -2.27. The first-order valence-electron chi connectivity index (χ1n) is 8.88. The fourth-order valence-electron chi connectivity index (χ4n) is 2.81. The summed E-state index contributed by atoms with van der Waals surface area (Å²) in [4.78, 5) is 8.49. The van der Waals surface area contributed by atoms with Crippen LogP contribution in [-0.4, -0.2) is 32.1 Å². The number of hydrogen-bond acceptors (Lipinski definition) is 3. The Balaban J connectivity index is 1.55. The van der Waals surface area contributed by atoms with Crippen molar-refractivity contribution in [3.05, 3.63) is 64.4 Å². The Labute approximate surface area is 154 Å². The van der Waals surface area contributed by atoms with Crippen molar-refractivity contribution in [3.8, 4) is 0 Å². The van der Waals surface area contributed by atoms with E-state index in [0.29, 0.717) is 6.54 Å². The van der Waals surface area contributed by atoms with Gasteiger partial charge in [0.2, 0.25) is 0 Å². The molecule has 0 radical (unpaired) electrons. The van der Waals surface area contributed by atoms with Crippen LogP contribution in [0, 0.1) is 0 Å². The lowest BCUT2D eigenvalue weighted by molar-refractivity contribution is 0.804. The van der Waals surface area contributed by atoms with E-state index in [1.807, 2.05) is 0 Å². The van der Waals surface area contributed by atoms with Gasteiger partial charge in [0.1, 0.15) is 0 Å². The molecule has 1 aromatic carbocycles. The summed E-state index contributed by atoms with van der Waals surface area (Å²) in [6, 6.07) is 13.0. The summed E-state index contributed by atoms with van der Waals surface area (Å²) in [5, 5.41) is 8.87. The van der Waals surface area contributed by atoms with E-state index in [1.165, 1.54) is 16.1 Å². The zero-order valence-electron chi connectivity index (χ0n) is 14.7. The third-order valence-corrected chi connectivity index (χ3v) is 5.04. The number of rotatable bonds is 7. The first kappa shape index (κ1) is 17.5. The van der Waals surface area contributed by atoms with E-state index >= 15 is 0 Å². The highest BCUT2D eigenvalue weighted by Crippen LogP contribution is 2.18. The summed E-state index contributed by atoms with van der Waals surface area (Å²) in [6.07, 6.45) is 5.46. The van der Waals surface area contributed by atoms with Crippen molar-refractivity contribution < 1.29 is 0 Å². The van der Waals surface area contributed by atoms with E-state index < -0.39 is 0 Å². The van der Waals surface area contributed by atoms with E-state index in [1.54, 1.807) is 11.3 Å². The van der Waals surface area contributed by atoms with E-state index in [-0.39, 0.29) is 0 Å². The molecule has 25 heavy (non-hydrogen) atoms. The maximum Gasteiger partial charge on any atom is 0.191 e. The SMILES string of the molecule is CCNC(=NCc1cccc(N2CC=CC2)c1)NCCc1cccs1.